The smallest absolute Gasteiger partial charge is 0.170 e. The van der Waals surface area contributed by atoms with Crippen molar-refractivity contribution >= 4 is 44.3 Å². The van der Waals surface area contributed by atoms with E-state index in [1.165, 1.54) is 12.1 Å². The highest BCUT2D eigenvalue weighted by molar-refractivity contribution is 7.93. The average molecular weight is 406 g/mol. The van der Waals surface area contributed by atoms with Crippen LogP contribution in [0.4, 0.5) is 5.69 Å². The van der Waals surface area contributed by atoms with Crippen molar-refractivity contribution in [1.82, 2.24) is 0 Å². The maximum Gasteiger partial charge on any atom is 0.170 e. The normalized spacial score (nSPS) is 19.5. The fourth-order valence-corrected chi connectivity index (χ4v) is 5.92. The van der Waals surface area contributed by atoms with Crippen LogP contribution in [0.2, 0.25) is 5.02 Å². The second kappa shape index (κ2) is 7.87. The van der Waals surface area contributed by atoms with Crippen LogP contribution in [0, 0.1) is 12.3 Å². The van der Waals surface area contributed by atoms with Crippen molar-refractivity contribution in [3.63, 3.8) is 0 Å². The minimum Gasteiger partial charge on any atom is -0.506 e. The van der Waals surface area contributed by atoms with Crippen LogP contribution in [0.25, 0.3) is 5.76 Å². The minimum absolute atomic E-state index is 0.00919. The van der Waals surface area contributed by atoms with Crippen LogP contribution in [-0.4, -0.2) is 32.4 Å². The van der Waals surface area contributed by atoms with Crippen molar-refractivity contribution in [2.75, 3.05) is 11.5 Å². The van der Waals surface area contributed by atoms with E-state index in [2.05, 4.69) is 10.3 Å². The van der Waals surface area contributed by atoms with Gasteiger partial charge in [0, 0.05) is 29.9 Å². The molecule has 1 saturated carbocycles. The summed E-state index contributed by atoms with van der Waals surface area (Å²) in [6, 6.07) is 2.99. The van der Waals surface area contributed by atoms with E-state index in [9.17, 15) is 18.9 Å². The van der Waals surface area contributed by atoms with Gasteiger partial charge in [-0.15, -0.1) is 6.42 Å². The summed E-state index contributed by atoms with van der Waals surface area (Å²) in [6.45, 7) is 0. The topological polar surface area (TPSA) is 83.8 Å². The summed E-state index contributed by atoms with van der Waals surface area (Å²) in [7, 11) is -2.47. The van der Waals surface area contributed by atoms with Gasteiger partial charge < -0.3 is 5.11 Å². The van der Waals surface area contributed by atoms with Gasteiger partial charge in [-0.05, 0) is 31.4 Å². The number of carbonyl (C=O) groups excluding carboxylic acids is 2. The maximum atomic E-state index is 13.0. The molecule has 5 nitrogen and oxygen atoms in total. The van der Waals surface area contributed by atoms with E-state index in [1.54, 1.807) is 0 Å². The second-order valence-corrected chi connectivity index (χ2v) is 9.65. The first kappa shape index (κ1) is 19.7. The van der Waals surface area contributed by atoms with Crippen LogP contribution in [0.1, 0.15) is 49.7 Å². The third-order valence-corrected chi connectivity index (χ3v) is 7.56. The second-order valence-electron chi connectivity index (χ2n) is 6.72. The Morgan fingerprint density at radius 1 is 1.11 bits per heavy atom. The molecule has 0 atom stereocenters. The molecule has 27 heavy (non-hydrogen) atoms. The Labute approximate surface area is 164 Å². The molecule has 1 heterocycles. The number of aliphatic hydroxyl groups is 1. The Bertz CT molecular complexity index is 980. The Balaban J connectivity index is 2.19. The fourth-order valence-electron chi connectivity index (χ4n) is 3.36. The lowest BCUT2D eigenvalue weighted by Crippen LogP contribution is -2.20. The van der Waals surface area contributed by atoms with E-state index in [1.807, 2.05) is 0 Å². The predicted octanol–water partition coefficient (Wildman–Crippen LogP) is 4.20. The van der Waals surface area contributed by atoms with E-state index in [-0.39, 0.29) is 34.7 Å². The molecule has 0 radical (unpaired) electrons. The number of terminal acetylenes is 1. The van der Waals surface area contributed by atoms with E-state index in [4.69, 9.17) is 18.0 Å². The molecule has 0 aromatic heterocycles. The molecule has 0 amide bonds. The van der Waals surface area contributed by atoms with Gasteiger partial charge in [-0.2, -0.15) is 4.36 Å². The van der Waals surface area contributed by atoms with Crippen molar-refractivity contribution in [2.45, 2.75) is 38.5 Å². The quantitative estimate of drug-likeness (QED) is 0.346. The zero-order valence-corrected chi connectivity index (χ0v) is 16.4. The van der Waals surface area contributed by atoms with Gasteiger partial charge in [0.25, 0.3) is 0 Å². The van der Waals surface area contributed by atoms with Crippen LogP contribution >= 0.6 is 11.6 Å². The highest BCUT2D eigenvalue weighted by atomic mass is 35.5. The lowest BCUT2D eigenvalue weighted by molar-refractivity contribution is -0.123. The molecule has 1 aliphatic carbocycles. The molecular formula is C20H20ClNO4S. The third-order valence-electron chi connectivity index (χ3n) is 4.81. The molecule has 1 aliphatic heterocycles. The van der Waals surface area contributed by atoms with E-state index < -0.39 is 27.1 Å². The number of Topliss-reactive ketones (excluding diaryl/α,β-unsaturated/α-hetero) is 2. The van der Waals surface area contributed by atoms with E-state index >= 15 is 0 Å². The Morgan fingerprint density at radius 3 is 2.33 bits per heavy atom. The van der Waals surface area contributed by atoms with Gasteiger partial charge in [0.1, 0.15) is 17.0 Å². The molecule has 3 rings (SSSR count). The van der Waals surface area contributed by atoms with E-state index in [0.717, 1.165) is 19.3 Å². The Kier molecular flexibility index (Phi) is 5.73. The molecule has 1 aromatic carbocycles. The summed E-state index contributed by atoms with van der Waals surface area (Å²) in [4.78, 5) is 24.2. The van der Waals surface area contributed by atoms with Gasteiger partial charge in [-0.25, -0.2) is 4.21 Å². The van der Waals surface area contributed by atoms with Crippen molar-refractivity contribution < 1.29 is 18.9 Å². The van der Waals surface area contributed by atoms with Crippen molar-refractivity contribution in [1.29, 1.82) is 0 Å². The molecule has 0 spiro atoms. The van der Waals surface area contributed by atoms with Gasteiger partial charge in [0.15, 0.2) is 11.6 Å². The number of rotatable bonds is 2. The lowest BCUT2D eigenvalue weighted by atomic mass is 9.89. The van der Waals surface area contributed by atoms with Gasteiger partial charge in [-0.3, -0.25) is 9.59 Å². The molecule has 1 aromatic rings. The van der Waals surface area contributed by atoms with Crippen LogP contribution < -0.4 is 0 Å². The average Bonchev–Trinajstić information content (AvgIpc) is 2.63. The molecule has 2 fully saturated rings. The fraction of sp³-hybridized carbons (Fsp3) is 0.400. The first-order chi connectivity index (χ1) is 12.9. The van der Waals surface area contributed by atoms with Crippen molar-refractivity contribution in [2.24, 2.45) is 4.36 Å². The number of ketones is 2. The zero-order chi connectivity index (χ0) is 19.6. The van der Waals surface area contributed by atoms with Crippen LogP contribution in [0.5, 0.6) is 0 Å². The summed E-state index contributed by atoms with van der Waals surface area (Å²) < 4.78 is 17.4. The van der Waals surface area contributed by atoms with Crippen LogP contribution in [0.3, 0.4) is 0 Å². The molecule has 1 saturated heterocycles. The molecule has 142 valence electrons. The molecule has 2 aliphatic rings. The number of benzene rings is 1. The number of aliphatic hydroxyl groups excluding tert-OH is 1. The number of hydrogen-bond acceptors (Lipinski definition) is 5. The van der Waals surface area contributed by atoms with Gasteiger partial charge in [0.2, 0.25) is 0 Å². The lowest BCUT2D eigenvalue weighted by Gasteiger charge is -2.18. The van der Waals surface area contributed by atoms with Gasteiger partial charge in [-0.1, -0.05) is 23.9 Å². The number of halogens is 1. The van der Waals surface area contributed by atoms with Crippen LogP contribution in [0.15, 0.2) is 22.1 Å². The third kappa shape index (κ3) is 3.95. The monoisotopic (exact) mass is 405 g/mol. The predicted molar refractivity (Wildman–Crippen MR) is 107 cm³/mol. The summed E-state index contributed by atoms with van der Waals surface area (Å²) in [6.07, 6.45) is 9.08. The number of hydrogen-bond donors (Lipinski definition) is 1. The Hall–Kier alpha value is -2.10. The SMILES string of the molecule is C#Cc1ccc(C(O)=C2C(=O)CCCC2=O)c(Cl)c1N=S1(=O)CCCCC1. The maximum absolute atomic E-state index is 13.0. The summed E-state index contributed by atoms with van der Waals surface area (Å²) >= 11 is 6.45. The van der Waals surface area contributed by atoms with E-state index in [0.29, 0.717) is 23.5 Å². The number of carbonyl (C=O) groups is 2. The van der Waals surface area contributed by atoms with Crippen molar-refractivity contribution in [3.8, 4) is 12.3 Å². The van der Waals surface area contributed by atoms with Gasteiger partial charge >= 0.3 is 0 Å². The standard InChI is InChI=1S/C20H20ClNO4S/c1-2-13-9-10-14(20(25)17-15(23)7-6-8-16(17)24)18(21)19(13)22-27(26)11-4-3-5-12-27/h1,9-10,25H,3-8,11-12H2. The molecule has 1 N–H and O–H groups in total. The molecule has 0 unspecified atom stereocenters. The minimum atomic E-state index is -2.47. The summed E-state index contributed by atoms with van der Waals surface area (Å²) in [5.41, 5.74) is 0.402. The molecular weight excluding hydrogens is 386 g/mol. The zero-order valence-electron chi connectivity index (χ0n) is 14.8. The van der Waals surface area contributed by atoms with Crippen molar-refractivity contribution in [3.05, 3.63) is 33.9 Å². The summed E-state index contributed by atoms with van der Waals surface area (Å²) in [5, 5.41) is 10.6. The first-order valence-corrected chi connectivity index (χ1v) is 11.1. The molecule has 7 heteroatoms. The largest absolute Gasteiger partial charge is 0.506 e. The number of allylic oxidation sites excluding steroid dienone is 1. The van der Waals surface area contributed by atoms with Crippen LogP contribution in [-0.2, 0) is 19.3 Å². The Morgan fingerprint density at radius 2 is 1.74 bits per heavy atom. The highest BCUT2D eigenvalue weighted by Crippen LogP contribution is 2.38. The first-order valence-electron chi connectivity index (χ1n) is 8.88. The summed E-state index contributed by atoms with van der Waals surface area (Å²) in [5.74, 6) is 2.14. The highest BCUT2D eigenvalue weighted by Gasteiger charge is 2.29. The van der Waals surface area contributed by atoms with Gasteiger partial charge in [0.05, 0.1) is 20.3 Å². The molecule has 0 bridgehead atoms. The number of nitrogens with zero attached hydrogens (tertiary/aromatic N) is 1.